The van der Waals surface area contributed by atoms with Crippen LogP contribution in [0.15, 0.2) is 90.6 Å². The SMILES string of the molecule is CN1C(=CC(=O)COC(=O)c2cccc(Oc3ccccc3)c2)C(C)(C)c2ccccc21. The highest BCUT2D eigenvalue weighted by molar-refractivity contribution is 5.96. The molecule has 1 heterocycles. The number of ketones is 1. The Kier molecular flexibility index (Phi) is 5.82. The predicted molar refractivity (Wildman–Crippen MR) is 124 cm³/mol. The van der Waals surface area contributed by atoms with E-state index in [1.807, 2.05) is 60.5 Å². The third-order valence-corrected chi connectivity index (χ3v) is 5.63. The van der Waals surface area contributed by atoms with Crippen LogP contribution in [0, 0.1) is 0 Å². The van der Waals surface area contributed by atoms with Crippen molar-refractivity contribution < 1.29 is 19.1 Å². The van der Waals surface area contributed by atoms with E-state index in [1.54, 1.807) is 30.3 Å². The van der Waals surface area contributed by atoms with Crippen molar-refractivity contribution in [3.63, 3.8) is 0 Å². The molecular weight excluding hydrogens is 402 g/mol. The fraction of sp³-hybridized carbons (Fsp3) is 0.185. The summed E-state index contributed by atoms with van der Waals surface area (Å²) in [5.74, 6) is 0.352. The third-order valence-electron chi connectivity index (χ3n) is 5.63. The van der Waals surface area contributed by atoms with Gasteiger partial charge in [-0.15, -0.1) is 0 Å². The van der Waals surface area contributed by atoms with E-state index >= 15 is 0 Å². The number of esters is 1. The maximum atomic E-state index is 12.6. The van der Waals surface area contributed by atoms with Crippen LogP contribution in [0.5, 0.6) is 11.5 Å². The molecule has 0 fully saturated rings. The van der Waals surface area contributed by atoms with Gasteiger partial charge in [-0.25, -0.2) is 4.79 Å². The molecule has 0 atom stereocenters. The summed E-state index contributed by atoms with van der Waals surface area (Å²) in [7, 11) is 1.94. The zero-order valence-electron chi connectivity index (χ0n) is 18.4. The van der Waals surface area contributed by atoms with Crippen LogP contribution in [-0.2, 0) is 14.9 Å². The Morgan fingerprint density at radius 3 is 2.34 bits per heavy atom. The normalized spacial score (nSPS) is 15.3. The number of ether oxygens (including phenoxy) is 2. The number of fused-ring (bicyclic) bond motifs is 1. The van der Waals surface area contributed by atoms with Gasteiger partial charge in [0.05, 0.1) is 5.56 Å². The minimum absolute atomic E-state index is 0.266. The summed E-state index contributed by atoms with van der Waals surface area (Å²) in [6.07, 6.45) is 1.57. The van der Waals surface area contributed by atoms with Crippen LogP contribution in [0.1, 0.15) is 29.8 Å². The lowest BCUT2D eigenvalue weighted by Gasteiger charge is -2.23. The molecule has 0 aromatic heterocycles. The molecule has 0 unspecified atom stereocenters. The maximum Gasteiger partial charge on any atom is 0.338 e. The maximum absolute atomic E-state index is 12.6. The molecule has 0 amide bonds. The molecule has 162 valence electrons. The lowest BCUT2D eigenvalue weighted by atomic mass is 9.83. The number of benzene rings is 3. The standard InChI is InChI=1S/C27H25NO4/c1-27(2)23-14-7-8-15-24(23)28(3)25(27)17-20(29)18-31-26(30)19-10-9-13-22(16-19)32-21-11-5-4-6-12-21/h4-17H,18H2,1-3H3. The number of allylic oxidation sites excluding steroid dienone is 1. The van der Waals surface area contributed by atoms with E-state index in [9.17, 15) is 9.59 Å². The van der Waals surface area contributed by atoms with Gasteiger partial charge in [0, 0.05) is 29.9 Å². The molecule has 1 aliphatic heterocycles. The molecule has 3 aromatic rings. The number of carbonyl (C=O) groups is 2. The second-order valence-electron chi connectivity index (χ2n) is 8.22. The molecule has 0 aliphatic carbocycles. The molecule has 0 bridgehead atoms. The molecule has 1 aliphatic rings. The zero-order valence-corrected chi connectivity index (χ0v) is 18.4. The van der Waals surface area contributed by atoms with Gasteiger partial charge in [0.25, 0.3) is 0 Å². The fourth-order valence-electron chi connectivity index (χ4n) is 3.98. The molecule has 0 spiro atoms. The minimum Gasteiger partial charge on any atom is -0.457 e. The number of carbonyl (C=O) groups excluding carboxylic acids is 2. The summed E-state index contributed by atoms with van der Waals surface area (Å²) >= 11 is 0. The van der Waals surface area contributed by atoms with Gasteiger partial charge in [-0.2, -0.15) is 0 Å². The number of hydrogen-bond acceptors (Lipinski definition) is 5. The number of rotatable bonds is 6. The summed E-state index contributed by atoms with van der Waals surface area (Å²) in [6, 6.07) is 24.1. The average Bonchev–Trinajstić information content (AvgIpc) is 2.99. The van der Waals surface area contributed by atoms with Gasteiger partial charge in [-0.1, -0.05) is 56.3 Å². The van der Waals surface area contributed by atoms with Crippen LogP contribution in [0.3, 0.4) is 0 Å². The van der Waals surface area contributed by atoms with Gasteiger partial charge in [0.2, 0.25) is 0 Å². The number of likely N-dealkylation sites (N-methyl/N-ethyl adjacent to an activating group) is 1. The number of anilines is 1. The van der Waals surface area contributed by atoms with E-state index in [4.69, 9.17) is 9.47 Å². The topological polar surface area (TPSA) is 55.8 Å². The molecule has 0 saturated carbocycles. The molecule has 32 heavy (non-hydrogen) atoms. The van der Waals surface area contributed by atoms with Crippen molar-refractivity contribution in [1.82, 2.24) is 0 Å². The van der Waals surface area contributed by atoms with Crippen LogP contribution in [0.4, 0.5) is 5.69 Å². The Balaban J connectivity index is 1.42. The monoisotopic (exact) mass is 427 g/mol. The van der Waals surface area contributed by atoms with E-state index in [2.05, 4.69) is 19.9 Å². The minimum atomic E-state index is -0.572. The molecule has 0 N–H and O–H groups in total. The molecule has 5 heteroatoms. The molecule has 3 aromatic carbocycles. The van der Waals surface area contributed by atoms with Crippen molar-refractivity contribution in [3.8, 4) is 11.5 Å². The highest BCUT2D eigenvalue weighted by atomic mass is 16.5. The largest absolute Gasteiger partial charge is 0.457 e. The first-order valence-electron chi connectivity index (χ1n) is 10.4. The number of hydrogen-bond donors (Lipinski definition) is 0. The molecule has 4 rings (SSSR count). The Hall–Kier alpha value is -3.86. The molecule has 0 radical (unpaired) electrons. The zero-order chi connectivity index (χ0) is 22.7. The smallest absolute Gasteiger partial charge is 0.338 e. The Morgan fingerprint density at radius 1 is 0.906 bits per heavy atom. The second-order valence-corrected chi connectivity index (χ2v) is 8.22. The average molecular weight is 428 g/mol. The predicted octanol–water partition coefficient (Wildman–Crippen LogP) is 5.52. The summed E-state index contributed by atoms with van der Waals surface area (Å²) in [6.45, 7) is 3.84. The molecule has 0 saturated heterocycles. The van der Waals surface area contributed by atoms with Crippen molar-refractivity contribution in [2.75, 3.05) is 18.6 Å². The Labute approximate surface area is 187 Å². The highest BCUT2D eigenvalue weighted by Crippen LogP contribution is 2.46. The third kappa shape index (κ3) is 4.28. The van der Waals surface area contributed by atoms with E-state index in [-0.39, 0.29) is 17.8 Å². The van der Waals surface area contributed by atoms with E-state index in [0.29, 0.717) is 17.1 Å². The first-order chi connectivity index (χ1) is 15.4. The van der Waals surface area contributed by atoms with E-state index in [1.165, 1.54) is 0 Å². The molecular formula is C27H25NO4. The summed E-state index contributed by atoms with van der Waals surface area (Å²) in [5.41, 5.74) is 3.12. The van der Waals surface area contributed by atoms with Crippen LogP contribution in [0.2, 0.25) is 0 Å². The van der Waals surface area contributed by atoms with Crippen molar-refractivity contribution in [2.24, 2.45) is 0 Å². The van der Waals surface area contributed by atoms with Gasteiger partial charge in [0.1, 0.15) is 11.5 Å². The Bertz CT molecular complexity index is 1180. The second kappa shape index (κ2) is 8.71. The van der Waals surface area contributed by atoms with Crippen molar-refractivity contribution in [2.45, 2.75) is 19.3 Å². The first kappa shape index (κ1) is 21.4. The van der Waals surface area contributed by atoms with Crippen LogP contribution in [-0.4, -0.2) is 25.4 Å². The van der Waals surface area contributed by atoms with Crippen LogP contribution in [0.25, 0.3) is 0 Å². The number of nitrogens with zero attached hydrogens (tertiary/aromatic N) is 1. The Morgan fingerprint density at radius 2 is 1.59 bits per heavy atom. The first-order valence-corrected chi connectivity index (χ1v) is 10.4. The lowest BCUT2D eigenvalue weighted by molar-refractivity contribution is -0.117. The van der Waals surface area contributed by atoms with Gasteiger partial charge in [-0.05, 0) is 42.0 Å². The lowest BCUT2D eigenvalue weighted by Crippen LogP contribution is -2.25. The van der Waals surface area contributed by atoms with E-state index < -0.39 is 5.97 Å². The summed E-state index contributed by atoms with van der Waals surface area (Å²) in [4.78, 5) is 27.1. The van der Waals surface area contributed by atoms with Crippen LogP contribution < -0.4 is 9.64 Å². The van der Waals surface area contributed by atoms with Gasteiger partial charge >= 0.3 is 5.97 Å². The van der Waals surface area contributed by atoms with E-state index in [0.717, 1.165) is 16.9 Å². The molecule has 5 nitrogen and oxygen atoms in total. The quantitative estimate of drug-likeness (QED) is 0.383. The fourth-order valence-corrected chi connectivity index (χ4v) is 3.98. The van der Waals surface area contributed by atoms with Gasteiger partial charge < -0.3 is 14.4 Å². The van der Waals surface area contributed by atoms with Crippen molar-refractivity contribution in [3.05, 3.63) is 102 Å². The van der Waals surface area contributed by atoms with Crippen LogP contribution >= 0.6 is 0 Å². The van der Waals surface area contributed by atoms with Crippen molar-refractivity contribution in [1.29, 1.82) is 0 Å². The summed E-state index contributed by atoms with van der Waals surface area (Å²) in [5, 5.41) is 0. The number of para-hydroxylation sites is 2. The summed E-state index contributed by atoms with van der Waals surface area (Å²) < 4.78 is 11.0. The van der Waals surface area contributed by atoms with Crippen molar-refractivity contribution >= 4 is 17.4 Å². The highest BCUT2D eigenvalue weighted by Gasteiger charge is 2.38. The van der Waals surface area contributed by atoms with Gasteiger partial charge in [0.15, 0.2) is 12.4 Å². The van der Waals surface area contributed by atoms with Gasteiger partial charge in [-0.3, -0.25) is 4.79 Å².